The molecular weight excluding hydrogens is 176 g/mol. The molecule has 0 aromatic heterocycles. The quantitative estimate of drug-likeness (QED) is 0.668. The van der Waals surface area contributed by atoms with Crippen LogP contribution in [0.25, 0.3) is 0 Å². The number of nitrogens with zero attached hydrogens (tertiary/aromatic N) is 2. The molecule has 2 amide bonds. The molecule has 0 aliphatic carbocycles. The molecule has 1 heterocycles. The van der Waals surface area contributed by atoms with Crippen molar-refractivity contribution in [2.75, 3.05) is 0 Å². The maximum Gasteiger partial charge on any atom is 0.321 e. The summed E-state index contributed by atoms with van der Waals surface area (Å²) in [6, 6.07) is 1.43. The fourth-order valence-corrected chi connectivity index (χ4v) is 2.33. The molecule has 82 valence electrons. The van der Waals surface area contributed by atoms with Crippen molar-refractivity contribution in [1.82, 2.24) is 9.80 Å². The highest BCUT2D eigenvalue weighted by atomic mass is 16.2. The van der Waals surface area contributed by atoms with Gasteiger partial charge in [0.1, 0.15) is 0 Å². The van der Waals surface area contributed by atoms with Crippen LogP contribution in [0.3, 0.4) is 0 Å². The minimum Gasteiger partial charge on any atom is -0.317 e. The van der Waals surface area contributed by atoms with Crippen molar-refractivity contribution in [2.24, 2.45) is 0 Å². The predicted molar refractivity (Wildman–Crippen MR) is 58.3 cm³/mol. The Bertz CT molecular complexity index is 203. The van der Waals surface area contributed by atoms with E-state index in [2.05, 4.69) is 41.5 Å². The van der Waals surface area contributed by atoms with Crippen LogP contribution in [-0.2, 0) is 0 Å². The van der Waals surface area contributed by atoms with Crippen molar-refractivity contribution in [1.29, 1.82) is 0 Å². The van der Waals surface area contributed by atoms with Crippen LogP contribution in [-0.4, -0.2) is 40.0 Å². The Balaban J connectivity index is 2.91. The Kier molecular flexibility index (Phi) is 3.07. The number of carbonyl (C=O) groups is 1. The molecule has 0 spiro atoms. The molecule has 0 aromatic carbocycles. The number of rotatable bonds is 2. The second kappa shape index (κ2) is 3.79. The Hall–Kier alpha value is -0.730. The molecule has 14 heavy (non-hydrogen) atoms. The van der Waals surface area contributed by atoms with E-state index in [1.807, 2.05) is 9.80 Å². The lowest BCUT2D eigenvalue weighted by Gasteiger charge is -2.25. The predicted octanol–water partition coefficient (Wildman–Crippen LogP) is 2.32. The van der Waals surface area contributed by atoms with Crippen molar-refractivity contribution in [3.63, 3.8) is 0 Å². The number of amides is 2. The minimum atomic E-state index is 0.190. The first-order valence-electron chi connectivity index (χ1n) is 5.48. The van der Waals surface area contributed by atoms with Gasteiger partial charge < -0.3 is 9.80 Å². The Morgan fingerprint density at radius 2 is 1.21 bits per heavy atom. The summed E-state index contributed by atoms with van der Waals surface area (Å²) in [6.07, 6.45) is 0. The summed E-state index contributed by atoms with van der Waals surface area (Å²) >= 11 is 0. The first-order valence-corrected chi connectivity index (χ1v) is 5.48. The molecular formula is C11H22N2O. The highest BCUT2D eigenvalue weighted by Gasteiger charge is 2.42. The van der Waals surface area contributed by atoms with Crippen LogP contribution in [0.4, 0.5) is 4.79 Å². The van der Waals surface area contributed by atoms with Crippen LogP contribution in [0.15, 0.2) is 0 Å². The lowest BCUT2D eigenvalue weighted by molar-refractivity contribution is 0.167. The fourth-order valence-electron chi connectivity index (χ4n) is 2.33. The normalized spacial score (nSPS) is 28.4. The molecule has 1 rings (SSSR count). The van der Waals surface area contributed by atoms with Crippen molar-refractivity contribution >= 4 is 6.03 Å². The zero-order valence-electron chi connectivity index (χ0n) is 10.1. The number of urea groups is 1. The molecule has 0 N–H and O–H groups in total. The van der Waals surface area contributed by atoms with Crippen molar-refractivity contribution in [2.45, 2.75) is 65.7 Å². The van der Waals surface area contributed by atoms with E-state index in [1.165, 1.54) is 0 Å². The lowest BCUT2D eigenvalue weighted by atomic mass is 10.1. The van der Waals surface area contributed by atoms with Gasteiger partial charge >= 0.3 is 6.03 Å². The smallest absolute Gasteiger partial charge is 0.317 e. The second-order valence-electron chi connectivity index (χ2n) is 4.77. The minimum absolute atomic E-state index is 0.190. The van der Waals surface area contributed by atoms with Crippen LogP contribution >= 0.6 is 0 Å². The summed E-state index contributed by atoms with van der Waals surface area (Å²) in [5.41, 5.74) is 0. The average Bonchev–Trinajstić information content (AvgIpc) is 2.23. The van der Waals surface area contributed by atoms with Gasteiger partial charge in [-0.05, 0) is 41.5 Å². The third-order valence-electron chi connectivity index (χ3n) is 3.13. The largest absolute Gasteiger partial charge is 0.321 e. The van der Waals surface area contributed by atoms with Crippen molar-refractivity contribution in [3.8, 4) is 0 Å². The van der Waals surface area contributed by atoms with E-state index >= 15 is 0 Å². The zero-order valence-corrected chi connectivity index (χ0v) is 10.1. The topological polar surface area (TPSA) is 23.6 Å². The van der Waals surface area contributed by atoms with Gasteiger partial charge in [-0.2, -0.15) is 0 Å². The summed E-state index contributed by atoms with van der Waals surface area (Å²) < 4.78 is 0. The van der Waals surface area contributed by atoms with Crippen molar-refractivity contribution < 1.29 is 4.79 Å². The van der Waals surface area contributed by atoms with E-state index in [4.69, 9.17) is 0 Å². The van der Waals surface area contributed by atoms with Crippen LogP contribution in [0.5, 0.6) is 0 Å². The summed E-state index contributed by atoms with van der Waals surface area (Å²) in [5, 5.41) is 0. The van der Waals surface area contributed by atoms with Crippen LogP contribution in [0.2, 0.25) is 0 Å². The van der Waals surface area contributed by atoms with Crippen LogP contribution in [0.1, 0.15) is 41.5 Å². The van der Waals surface area contributed by atoms with E-state index in [0.29, 0.717) is 24.2 Å². The second-order valence-corrected chi connectivity index (χ2v) is 4.77. The molecule has 1 fully saturated rings. The molecule has 1 saturated heterocycles. The summed E-state index contributed by atoms with van der Waals surface area (Å²) in [7, 11) is 0. The zero-order chi connectivity index (χ0) is 11.0. The molecule has 1 aliphatic rings. The molecule has 3 heteroatoms. The molecule has 0 bridgehead atoms. The SMILES string of the molecule is CC(C)N1C(=O)N(C(C)C)C(C)C1C. The van der Waals surface area contributed by atoms with Gasteiger partial charge in [0.05, 0.1) is 12.1 Å². The van der Waals surface area contributed by atoms with Gasteiger partial charge in [0.2, 0.25) is 0 Å². The van der Waals surface area contributed by atoms with Gasteiger partial charge in [-0.15, -0.1) is 0 Å². The molecule has 0 aromatic rings. The monoisotopic (exact) mass is 198 g/mol. The highest BCUT2D eigenvalue weighted by molar-refractivity contribution is 5.78. The summed E-state index contributed by atoms with van der Waals surface area (Å²) in [4.78, 5) is 16.0. The Labute approximate surface area is 87.1 Å². The van der Waals surface area contributed by atoms with Gasteiger partial charge in [-0.3, -0.25) is 0 Å². The first-order chi connectivity index (χ1) is 6.37. The number of hydrogen-bond donors (Lipinski definition) is 0. The highest BCUT2D eigenvalue weighted by Crippen LogP contribution is 2.26. The Morgan fingerprint density at radius 1 is 0.929 bits per heavy atom. The maximum absolute atomic E-state index is 12.1. The molecule has 1 aliphatic heterocycles. The fraction of sp³-hybridized carbons (Fsp3) is 0.909. The van der Waals surface area contributed by atoms with Gasteiger partial charge in [0, 0.05) is 12.1 Å². The van der Waals surface area contributed by atoms with E-state index < -0.39 is 0 Å². The molecule has 0 radical (unpaired) electrons. The van der Waals surface area contributed by atoms with Gasteiger partial charge in [0.25, 0.3) is 0 Å². The van der Waals surface area contributed by atoms with Gasteiger partial charge in [-0.1, -0.05) is 0 Å². The van der Waals surface area contributed by atoms with Crippen LogP contribution in [0, 0.1) is 0 Å². The van der Waals surface area contributed by atoms with Crippen molar-refractivity contribution in [3.05, 3.63) is 0 Å². The summed E-state index contributed by atoms with van der Waals surface area (Å²) in [6.45, 7) is 12.6. The third-order valence-corrected chi connectivity index (χ3v) is 3.13. The molecule has 0 saturated carbocycles. The molecule has 2 unspecified atom stereocenters. The van der Waals surface area contributed by atoms with E-state index in [9.17, 15) is 4.79 Å². The van der Waals surface area contributed by atoms with Gasteiger partial charge in [0.15, 0.2) is 0 Å². The van der Waals surface area contributed by atoms with Crippen LogP contribution < -0.4 is 0 Å². The molecule has 2 atom stereocenters. The standard InChI is InChI=1S/C11H22N2O/c1-7(2)12-9(5)10(6)13(8(3)4)11(12)14/h7-10H,1-6H3. The number of carbonyl (C=O) groups excluding carboxylic acids is 1. The van der Waals surface area contributed by atoms with E-state index in [-0.39, 0.29) is 6.03 Å². The Morgan fingerprint density at radius 3 is 1.36 bits per heavy atom. The lowest BCUT2D eigenvalue weighted by Crippen LogP contribution is -2.40. The molecule has 3 nitrogen and oxygen atoms in total. The number of hydrogen-bond acceptors (Lipinski definition) is 1. The van der Waals surface area contributed by atoms with E-state index in [0.717, 1.165) is 0 Å². The maximum atomic E-state index is 12.1. The summed E-state index contributed by atoms with van der Waals surface area (Å²) in [5.74, 6) is 0. The first kappa shape index (κ1) is 11.3. The van der Waals surface area contributed by atoms with Gasteiger partial charge in [-0.25, -0.2) is 4.79 Å². The van der Waals surface area contributed by atoms with E-state index in [1.54, 1.807) is 0 Å². The average molecular weight is 198 g/mol. The third kappa shape index (κ3) is 1.60.